The predicted molar refractivity (Wildman–Crippen MR) is 40.2 cm³/mol. The van der Waals surface area contributed by atoms with Gasteiger partial charge in [-0.2, -0.15) is 4.99 Å². The molecule has 0 saturated carbocycles. The fraction of sp³-hybridized carbons (Fsp3) is 0.500. The summed E-state index contributed by atoms with van der Waals surface area (Å²) in [6.45, 7) is 13.5. The van der Waals surface area contributed by atoms with Crippen LogP contribution in [0.4, 0.5) is 0 Å². The molecule has 0 fully saturated rings. The van der Waals surface area contributed by atoms with Gasteiger partial charge in [0, 0.05) is 7.05 Å². The van der Waals surface area contributed by atoms with E-state index in [4.69, 9.17) is 18.9 Å². The predicted octanol–water partition coefficient (Wildman–Crippen LogP) is -0.263. The van der Waals surface area contributed by atoms with Crippen LogP contribution >= 0.6 is 0 Å². The maximum atomic E-state index is 6.77. The summed E-state index contributed by atoms with van der Waals surface area (Å²) in [5.41, 5.74) is 5.40. The van der Waals surface area contributed by atoms with Crippen molar-refractivity contribution in [3.8, 4) is 0 Å². The lowest BCUT2D eigenvalue weighted by Crippen LogP contribution is -2.36. The third-order valence-electron chi connectivity index (χ3n) is 1.55. The Labute approximate surface area is 64.8 Å². The van der Waals surface area contributed by atoms with Crippen LogP contribution in [0, 0.1) is 13.1 Å². The Hall–Kier alpha value is -1.75. The molecule has 0 aromatic heterocycles. The van der Waals surface area contributed by atoms with Crippen molar-refractivity contribution in [3.05, 3.63) is 22.8 Å². The normalized spacial score (nSPS) is 29.0. The standard InChI is InChI=1S/C6H7N5/c1-8-4-5(9-2)11(3)6(7)10-4/h4-5H,3H3,(H2,7,10). The van der Waals surface area contributed by atoms with Gasteiger partial charge in [0.2, 0.25) is 5.96 Å². The number of hydrogen-bond donors (Lipinski definition) is 1. The van der Waals surface area contributed by atoms with E-state index in [-0.39, 0.29) is 5.96 Å². The number of nitrogens with two attached hydrogens (primary N) is 1. The first-order valence-corrected chi connectivity index (χ1v) is 3.00. The van der Waals surface area contributed by atoms with E-state index in [9.17, 15) is 0 Å². The molecule has 0 aliphatic carbocycles. The number of rotatable bonds is 0. The quantitative estimate of drug-likeness (QED) is 0.482. The molecule has 0 aromatic rings. The summed E-state index contributed by atoms with van der Waals surface area (Å²) >= 11 is 0. The Bertz CT molecular complexity index is 268. The maximum absolute atomic E-state index is 6.77. The monoisotopic (exact) mass is 149 g/mol. The molecule has 1 aliphatic heterocycles. The van der Waals surface area contributed by atoms with E-state index < -0.39 is 12.3 Å². The van der Waals surface area contributed by atoms with Crippen LogP contribution in [0.3, 0.4) is 0 Å². The van der Waals surface area contributed by atoms with Crippen molar-refractivity contribution < 1.29 is 0 Å². The topological polar surface area (TPSA) is 50.3 Å². The SMILES string of the molecule is [C-]#[N+]C1N=C(N)N(C)C1[N+]#[C-]. The number of likely N-dealkylation sites (N-methyl/N-ethyl adjacent to an activating group) is 1. The van der Waals surface area contributed by atoms with Crippen LogP contribution in [0.1, 0.15) is 0 Å². The lowest BCUT2D eigenvalue weighted by atomic mass is 10.4. The fourth-order valence-corrected chi connectivity index (χ4v) is 0.878. The van der Waals surface area contributed by atoms with Crippen molar-refractivity contribution in [2.24, 2.45) is 10.7 Å². The zero-order chi connectivity index (χ0) is 8.43. The van der Waals surface area contributed by atoms with Crippen molar-refractivity contribution in [2.45, 2.75) is 12.3 Å². The van der Waals surface area contributed by atoms with Gasteiger partial charge >= 0.3 is 12.3 Å². The van der Waals surface area contributed by atoms with E-state index >= 15 is 0 Å². The van der Waals surface area contributed by atoms with Crippen LogP contribution in [-0.4, -0.2) is 30.2 Å². The van der Waals surface area contributed by atoms with E-state index in [1.165, 1.54) is 4.90 Å². The van der Waals surface area contributed by atoms with Gasteiger partial charge in [0.1, 0.15) is 0 Å². The third-order valence-corrected chi connectivity index (χ3v) is 1.55. The van der Waals surface area contributed by atoms with Gasteiger partial charge in [0.05, 0.1) is 0 Å². The zero-order valence-corrected chi connectivity index (χ0v) is 6.02. The molecule has 1 rings (SSSR count). The van der Waals surface area contributed by atoms with Crippen molar-refractivity contribution in [1.82, 2.24) is 4.90 Å². The number of aliphatic imine (C=N–C) groups is 1. The van der Waals surface area contributed by atoms with Crippen molar-refractivity contribution in [3.63, 3.8) is 0 Å². The molecular weight excluding hydrogens is 142 g/mol. The van der Waals surface area contributed by atoms with E-state index in [0.29, 0.717) is 0 Å². The molecule has 11 heavy (non-hydrogen) atoms. The van der Waals surface area contributed by atoms with Gasteiger partial charge in [-0.1, -0.05) is 0 Å². The second-order valence-electron chi connectivity index (χ2n) is 2.18. The first-order chi connectivity index (χ1) is 5.20. The smallest absolute Gasteiger partial charge is 0.369 e. The van der Waals surface area contributed by atoms with Gasteiger partial charge in [-0.3, -0.25) is 14.6 Å². The van der Waals surface area contributed by atoms with Crippen molar-refractivity contribution in [2.75, 3.05) is 7.05 Å². The molecular formula is C6H7N5. The van der Waals surface area contributed by atoms with Gasteiger partial charge in [-0.15, -0.1) is 0 Å². The molecule has 5 nitrogen and oxygen atoms in total. The average molecular weight is 149 g/mol. The first kappa shape index (κ1) is 7.36. The first-order valence-electron chi connectivity index (χ1n) is 3.00. The minimum Gasteiger partial charge on any atom is -0.369 e. The minimum atomic E-state index is -0.641. The molecule has 0 radical (unpaired) electrons. The lowest BCUT2D eigenvalue weighted by molar-refractivity contribution is 0.432. The Morgan fingerprint density at radius 1 is 1.55 bits per heavy atom. The second kappa shape index (κ2) is 2.47. The molecule has 0 amide bonds. The van der Waals surface area contributed by atoms with Crippen LogP contribution in [0.15, 0.2) is 4.99 Å². The molecule has 2 N–H and O–H groups in total. The highest BCUT2D eigenvalue weighted by molar-refractivity contribution is 5.80. The Morgan fingerprint density at radius 3 is 2.55 bits per heavy atom. The highest BCUT2D eigenvalue weighted by atomic mass is 15.4. The molecule has 0 spiro atoms. The largest absolute Gasteiger partial charge is 0.412 e. The van der Waals surface area contributed by atoms with Gasteiger partial charge in [-0.25, -0.2) is 13.1 Å². The second-order valence-corrected chi connectivity index (χ2v) is 2.18. The molecule has 0 bridgehead atoms. The van der Waals surface area contributed by atoms with E-state index in [1.807, 2.05) is 0 Å². The average Bonchev–Trinajstić information content (AvgIpc) is 2.28. The zero-order valence-electron chi connectivity index (χ0n) is 6.02. The molecule has 0 saturated heterocycles. The van der Waals surface area contributed by atoms with E-state index in [1.54, 1.807) is 7.05 Å². The van der Waals surface area contributed by atoms with Crippen molar-refractivity contribution in [1.29, 1.82) is 0 Å². The summed E-state index contributed by atoms with van der Waals surface area (Å²) in [5, 5.41) is 0. The molecule has 5 heteroatoms. The Kier molecular flexibility index (Phi) is 1.65. The van der Waals surface area contributed by atoms with Crippen LogP contribution in [0.2, 0.25) is 0 Å². The molecule has 1 aliphatic rings. The van der Waals surface area contributed by atoms with Crippen molar-refractivity contribution >= 4 is 5.96 Å². The molecule has 2 atom stereocenters. The summed E-state index contributed by atoms with van der Waals surface area (Å²) in [7, 11) is 1.66. The number of hydrogen-bond acceptors (Lipinski definition) is 3. The van der Waals surface area contributed by atoms with Gasteiger partial charge in [-0.05, 0) is 0 Å². The summed E-state index contributed by atoms with van der Waals surface area (Å²) in [6, 6.07) is 0. The van der Waals surface area contributed by atoms with Crippen LogP contribution in [0.5, 0.6) is 0 Å². The fourth-order valence-electron chi connectivity index (χ4n) is 0.878. The minimum absolute atomic E-state index is 0.270. The molecule has 56 valence electrons. The molecule has 1 heterocycles. The maximum Gasteiger partial charge on any atom is 0.412 e. The number of nitrogens with zero attached hydrogens (tertiary/aromatic N) is 4. The summed E-state index contributed by atoms with van der Waals surface area (Å²) in [5.74, 6) is 0.270. The summed E-state index contributed by atoms with van der Waals surface area (Å²) in [4.78, 5) is 11.7. The van der Waals surface area contributed by atoms with Crippen LogP contribution in [0.25, 0.3) is 9.69 Å². The van der Waals surface area contributed by atoms with Crippen LogP contribution < -0.4 is 5.73 Å². The number of guanidine groups is 1. The van der Waals surface area contributed by atoms with E-state index in [0.717, 1.165) is 0 Å². The Balaban J connectivity index is 2.88. The van der Waals surface area contributed by atoms with Gasteiger partial charge in [0.25, 0.3) is 0 Å². The Morgan fingerprint density at radius 2 is 2.18 bits per heavy atom. The lowest BCUT2D eigenvalue weighted by Gasteiger charge is -2.08. The third kappa shape index (κ3) is 0.968. The van der Waals surface area contributed by atoms with Gasteiger partial charge in [0.15, 0.2) is 0 Å². The highest BCUT2D eigenvalue weighted by Crippen LogP contribution is 2.15. The molecule has 2 unspecified atom stereocenters. The molecule has 0 aromatic carbocycles. The summed E-state index contributed by atoms with van der Waals surface area (Å²) < 4.78 is 0. The highest BCUT2D eigenvalue weighted by Gasteiger charge is 2.42. The summed E-state index contributed by atoms with van der Waals surface area (Å²) in [6.07, 6.45) is -1.18. The van der Waals surface area contributed by atoms with Gasteiger partial charge < -0.3 is 5.73 Å². The van der Waals surface area contributed by atoms with E-state index in [2.05, 4.69) is 14.7 Å². The van der Waals surface area contributed by atoms with Crippen LogP contribution in [-0.2, 0) is 0 Å².